The second-order valence-corrected chi connectivity index (χ2v) is 9.22. The van der Waals surface area contributed by atoms with Crippen LogP contribution in [-0.4, -0.2) is 21.8 Å². The topological polar surface area (TPSA) is 133 Å². The Morgan fingerprint density at radius 3 is 2.08 bits per heavy atom. The fraction of sp³-hybridized carbons (Fsp3) is 0.154. The third-order valence-electron chi connectivity index (χ3n) is 6.92. The van der Waals surface area contributed by atoms with E-state index >= 15 is 0 Å². The maximum absolute atomic E-state index is 11.9. The van der Waals surface area contributed by atoms with Gasteiger partial charge in [-0.25, -0.2) is 0 Å². The zero-order valence-corrected chi connectivity index (χ0v) is 19.6. The van der Waals surface area contributed by atoms with Crippen molar-refractivity contribution in [2.75, 3.05) is 11.9 Å². The Hall–Kier alpha value is -4.86. The molecule has 0 spiro atoms. The average Bonchev–Trinajstić information content (AvgIpc) is 3.25. The highest BCUT2D eigenvalue weighted by atomic mass is 16.6. The molecule has 36 heavy (non-hydrogen) atoms. The molecular weight excluding hydrogens is 464 g/mol. The summed E-state index contributed by atoms with van der Waals surface area (Å²) in [5.41, 5.74) is 3.52. The first-order valence-corrected chi connectivity index (χ1v) is 11.0. The number of allylic oxidation sites excluding steroid dienone is 3. The van der Waals surface area contributed by atoms with Gasteiger partial charge in [-0.05, 0) is 40.5 Å². The van der Waals surface area contributed by atoms with Gasteiger partial charge in [0, 0.05) is 47.6 Å². The Morgan fingerprint density at radius 1 is 0.778 bits per heavy atom. The minimum absolute atomic E-state index is 0.178. The van der Waals surface area contributed by atoms with Gasteiger partial charge in [-0.15, -0.1) is 0 Å². The van der Waals surface area contributed by atoms with Crippen molar-refractivity contribution in [1.82, 2.24) is 0 Å². The van der Waals surface area contributed by atoms with Crippen LogP contribution in [0.15, 0.2) is 72.4 Å². The van der Waals surface area contributed by atoms with E-state index in [-0.39, 0.29) is 16.7 Å². The number of fused-ring (bicyclic) bond motifs is 4. The highest BCUT2D eigenvalue weighted by Gasteiger charge is 2.38. The van der Waals surface area contributed by atoms with Crippen LogP contribution >= 0.6 is 0 Å². The van der Waals surface area contributed by atoms with Crippen molar-refractivity contribution < 1.29 is 14.8 Å². The van der Waals surface area contributed by atoms with Crippen LogP contribution in [0.3, 0.4) is 0 Å². The number of benzene rings is 3. The number of hydrogen-bond acceptors (Lipinski definition) is 7. The highest BCUT2D eigenvalue weighted by molar-refractivity contribution is 6.05. The van der Waals surface area contributed by atoms with Crippen LogP contribution in [0.5, 0.6) is 0 Å². The normalized spacial score (nSPS) is 17.1. The maximum Gasteiger partial charge on any atom is 0.284 e. The SMILES string of the molecule is CN1/C(=C\C=C2/c3cc([N+](=O)[O-])ccc3-c3c2cc([N+](=O)[O-])cc3[N+](=O)[O-])C(C)(C)c2ccccc21. The van der Waals surface area contributed by atoms with Crippen molar-refractivity contribution in [1.29, 1.82) is 0 Å². The van der Waals surface area contributed by atoms with Gasteiger partial charge in [0.1, 0.15) is 0 Å². The largest absolute Gasteiger partial charge is 0.347 e. The van der Waals surface area contributed by atoms with E-state index in [1.165, 1.54) is 24.3 Å². The lowest BCUT2D eigenvalue weighted by atomic mass is 9.83. The lowest BCUT2D eigenvalue weighted by Gasteiger charge is -2.23. The second-order valence-electron chi connectivity index (χ2n) is 9.22. The summed E-state index contributed by atoms with van der Waals surface area (Å²) < 4.78 is 0. The van der Waals surface area contributed by atoms with Crippen LogP contribution in [0, 0.1) is 30.3 Å². The summed E-state index contributed by atoms with van der Waals surface area (Å²) in [6, 6.07) is 14.3. The molecule has 1 aliphatic heterocycles. The number of likely N-dealkylation sites (N-methyl/N-ethyl adjacent to an activating group) is 1. The quantitative estimate of drug-likeness (QED) is 0.251. The van der Waals surface area contributed by atoms with Crippen LogP contribution in [0.4, 0.5) is 22.7 Å². The Bertz CT molecular complexity index is 1570. The monoisotopic (exact) mass is 484 g/mol. The summed E-state index contributed by atoms with van der Waals surface area (Å²) in [6.45, 7) is 4.16. The first-order chi connectivity index (χ1) is 17.0. The van der Waals surface area contributed by atoms with Crippen LogP contribution in [0.1, 0.15) is 30.5 Å². The number of anilines is 1. The molecule has 0 bridgehead atoms. The summed E-state index contributed by atoms with van der Waals surface area (Å²) in [4.78, 5) is 35.1. The number of nitrogens with zero attached hydrogens (tertiary/aromatic N) is 4. The van der Waals surface area contributed by atoms with Crippen molar-refractivity contribution in [3.05, 3.63) is 119 Å². The molecule has 1 aliphatic carbocycles. The molecule has 0 amide bonds. The Labute approximate surface area is 205 Å². The highest BCUT2D eigenvalue weighted by Crippen LogP contribution is 2.52. The first-order valence-electron chi connectivity index (χ1n) is 11.0. The first kappa shape index (κ1) is 22.9. The average molecular weight is 484 g/mol. The summed E-state index contributed by atoms with van der Waals surface area (Å²) >= 11 is 0. The molecule has 0 fully saturated rings. The molecule has 10 heteroatoms. The molecule has 0 N–H and O–H groups in total. The maximum atomic E-state index is 11.9. The van der Waals surface area contributed by atoms with Gasteiger partial charge in [0.05, 0.1) is 26.4 Å². The third-order valence-corrected chi connectivity index (χ3v) is 6.92. The van der Waals surface area contributed by atoms with E-state index in [1.807, 2.05) is 36.2 Å². The molecule has 3 aromatic carbocycles. The molecule has 180 valence electrons. The van der Waals surface area contributed by atoms with E-state index in [2.05, 4.69) is 19.9 Å². The van der Waals surface area contributed by atoms with Gasteiger partial charge in [-0.1, -0.05) is 38.1 Å². The van der Waals surface area contributed by atoms with Crippen LogP contribution in [-0.2, 0) is 5.41 Å². The molecule has 0 atom stereocenters. The Morgan fingerprint density at radius 2 is 1.44 bits per heavy atom. The van der Waals surface area contributed by atoms with E-state index < -0.39 is 26.1 Å². The lowest BCUT2D eigenvalue weighted by Crippen LogP contribution is -2.22. The molecule has 2 aliphatic rings. The molecule has 0 radical (unpaired) electrons. The van der Waals surface area contributed by atoms with E-state index in [0.717, 1.165) is 23.0 Å². The lowest BCUT2D eigenvalue weighted by molar-refractivity contribution is -0.393. The van der Waals surface area contributed by atoms with Crippen molar-refractivity contribution in [3.8, 4) is 11.1 Å². The number of rotatable bonds is 4. The predicted octanol–water partition coefficient (Wildman–Crippen LogP) is 6.13. The number of nitro benzene ring substituents is 3. The summed E-state index contributed by atoms with van der Waals surface area (Å²) in [6.07, 6.45) is 3.61. The van der Waals surface area contributed by atoms with Gasteiger partial charge in [0.2, 0.25) is 0 Å². The molecule has 0 saturated carbocycles. The molecule has 0 aromatic heterocycles. The van der Waals surface area contributed by atoms with Gasteiger partial charge >= 0.3 is 0 Å². The summed E-state index contributed by atoms with van der Waals surface area (Å²) in [7, 11) is 1.94. The molecule has 5 rings (SSSR count). The summed E-state index contributed by atoms with van der Waals surface area (Å²) in [5, 5.41) is 34.9. The third kappa shape index (κ3) is 3.26. The van der Waals surface area contributed by atoms with Gasteiger partial charge in [-0.2, -0.15) is 0 Å². The number of nitro groups is 3. The fourth-order valence-corrected chi connectivity index (χ4v) is 5.23. The van der Waals surface area contributed by atoms with E-state index in [0.29, 0.717) is 22.3 Å². The Balaban J connectivity index is 1.78. The van der Waals surface area contributed by atoms with Crippen molar-refractivity contribution >= 4 is 28.3 Å². The zero-order chi connectivity index (χ0) is 25.9. The van der Waals surface area contributed by atoms with Gasteiger partial charge < -0.3 is 4.90 Å². The molecule has 3 aromatic rings. The standard InChI is InChI=1S/C26H20N4O6/c1-26(2)21-6-4-5-7-22(21)27(3)24(26)11-10-17-19-12-15(28(31)32)8-9-18(19)25-20(17)13-16(29(33)34)14-23(25)30(35)36/h4-14H,1-3H3/b17-10+,24-11-. The molecule has 0 unspecified atom stereocenters. The minimum atomic E-state index is -0.681. The minimum Gasteiger partial charge on any atom is -0.347 e. The smallest absolute Gasteiger partial charge is 0.284 e. The Kier molecular flexibility index (Phi) is 4.99. The second kappa shape index (κ2) is 7.84. The number of non-ortho nitro benzene ring substituents is 2. The van der Waals surface area contributed by atoms with Crippen molar-refractivity contribution in [2.45, 2.75) is 19.3 Å². The van der Waals surface area contributed by atoms with Gasteiger partial charge in [0.15, 0.2) is 0 Å². The zero-order valence-electron chi connectivity index (χ0n) is 19.6. The van der Waals surface area contributed by atoms with Crippen LogP contribution in [0.2, 0.25) is 0 Å². The van der Waals surface area contributed by atoms with Gasteiger partial charge in [0.25, 0.3) is 17.1 Å². The van der Waals surface area contributed by atoms with Crippen molar-refractivity contribution in [2.24, 2.45) is 0 Å². The van der Waals surface area contributed by atoms with Crippen LogP contribution in [0.25, 0.3) is 16.7 Å². The van der Waals surface area contributed by atoms with E-state index in [1.54, 1.807) is 6.08 Å². The predicted molar refractivity (Wildman–Crippen MR) is 135 cm³/mol. The molecule has 1 heterocycles. The summed E-state index contributed by atoms with van der Waals surface area (Å²) in [5.74, 6) is 0. The molecular formula is C26H20N4O6. The number of hydrogen-bond donors (Lipinski definition) is 0. The molecule has 0 saturated heterocycles. The van der Waals surface area contributed by atoms with E-state index in [9.17, 15) is 30.3 Å². The van der Waals surface area contributed by atoms with Crippen LogP contribution < -0.4 is 4.90 Å². The van der Waals surface area contributed by atoms with Gasteiger partial charge in [-0.3, -0.25) is 30.3 Å². The molecule has 10 nitrogen and oxygen atoms in total. The van der Waals surface area contributed by atoms with Crippen molar-refractivity contribution in [3.63, 3.8) is 0 Å². The fourth-order valence-electron chi connectivity index (χ4n) is 5.23. The number of para-hydroxylation sites is 1. The van der Waals surface area contributed by atoms with E-state index in [4.69, 9.17) is 0 Å².